The van der Waals surface area contributed by atoms with Gasteiger partial charge in [0, 0.05) is 19.5 Å². The van der Waals surface area contributed by atoms with Gasteiger partial charge in [0.05, 0.1) is 23.7 Å². The number of carbonyl (C=O) groups is 4. The predicted molar refractivity (Wildman–Crippen MR) is 108 cm³/mol. The number of carbonyl (C=O) groups excluding carboxylic acids is 3. The zero-order chi connectivity index (χ0) is 22.3. The molecule has 0 saturated carbocycles. The van der Waals surface area contributed by atoms with Crippen LogP contribution in [0.15, 0.2) is 24.5 Å². The third-order valence-electron chi connectivity index (χ3n) is 4.57. The number of benzene rings is 1. The quantitative estimate of drug-likeness (QED) is 0.469. The van der Waals surface area contributed by atoms with Gasteiger partial charge in [0.15, 0.2) is 0 Å². The molecule has 0 aliphatic carbocycles. The van der Waals surface area contributed by atoms with Crippen LogP contribution >= 0.6 is 0 Å². The molecule has 10 nitrogen and oxygen atoms in total. The molecule has 0 saturated heterocycles. The van der Waals surface area contributed by atoms with Gasteiger partial charge >= 0.3 is 18.0 Å². The zero-order valence-corrected chi connectivity index (χ0v) is 17.3. The van der Waals surface area contributed by atoms with Crippen LogP contribution in [0.2, 0.25) is 0 Å². The molecule has 0 spiro atoms. The minimum atomic E-state index is -0.836. The van der Waals surface area contributed by atoms with Gasteiger partial charge in [-0.25, -0.2) is 14.6 Å². The van der Waals surface area contributed by atoms with E-state index in [1.807, 2.05) is 6.92 Å². The topological polar surface area (TPSA) is 131 Å². The number of carboxylic acid groups (broad SMARTS) is 1. The normalized spacial score (nSPS) is 11.7. The molecule has 1 aromatic carbocycles. The van der Waals surface area contributed by atoms with Crippen molar-refractivity contribution in [1.29, 1.82) is 0 Å². The second-order valence-corrected chi connectivity index (χ2v) is 7.06. The van der Waals surface area contributed by atoms with Gasteiger partial charge in [-0.3, -0.25) is 14.2 Å². The number of aromatic nitrogens is 2. The second kappa shape index (κ2) is 10.4. The van der Waals surface area contributed by atoms with Crippen LogP contribution in [0.1, 0.15) is 43.0 Å². The summed E-state index contributed by atoms with van der Waals surface area (Å²) in [6.07, 6.45) is 3.34. The van der Waals surface area contributed by atoms with Crippen LogP contribution in [0, 0.1) is 0 Å². The van der Waals surface area contributed by atoms with E-state index in [2.05, 4.69) is 10.3 Å². The summed E-state index contributed by atoms with van der Waals surface area (Å²) in [6.45, 7) is 1.67. The third-order valence-corrected chi connectivity index (χ3v) is 4.57. The van der Waals surface area contributed by atoms with Crippen LogP contribution in [0.25, 0.3) is 11.0 Å². The molecule has 1 unspecified atom stereocenters. The van der Waals surface area contributed by atoms with Crippen molar-refractivity contribution in [1.82, 2.24) is 19.8 Å². The molecule has 0 radical (unpaired) electrons. The van der Waals surface area contributed by atoms with Crippen LogP contribution in [0.3, 0.4) is 0 Å². The number of likely N-dealkylation sites (N-methyl/N-ethyl adjacent to an activating group) is 1. The molecular weight excluding hydrogens is 392 g/mol. The fraction of sp³-hybridized carbons (Fsp3) is 0.450. The van der Waals surface area contributed by atoms with E-state index in [4.69, 9.17) is 9.84 Å². The molecule has 0 aliphatic rings. The Morgan fingerprint density at radius 1 is 1.27 bits per heavy atom. The summed E-state index contributed by atoms with van der Waals surface area (Å²) in [5, 5.41) is 11.4. The Labute approximate surface area is 173 Å². The molecule has 2 N–H and O–H groups in total. The number of methoxy groups -OCH3 is 1. The van der Waals surface area contributed by atoms with E-state index in [1.54, 1.807) is 12.1 Å². The van der Waals surface area contributed by atoms with Gasteiger partial charge in [0.2, 0.25) is 5.91 Å². The SMILES string of the molecule is COC(=O)c1ccc2ncn(C(=O)N(C)CC(=O)NC(C)CCCCC(=O)O)c2c1. The van der Waals surface area contributed by atoms with Crippen molar-refractivity contribution in [2.24, 2.45) is 0 Å². The lowest BCUT2D eigenvalue weighted by Crippen LogP contribution is -2.42. The molecule has 0 bridgehead atoms. The number of hydrogen-bond donors (Lipinski definition) is 2. The number of nitrogens with zero attached hydrogens (tertiary/aromatic N) is 3. The van der Waals surface area contributed by atoms with E-state index in [-0.39, 0.29) is 30.5 Å². The third kappa shape index (κ3) is 6.03. The second-order valence-electron chi connectivity index (χ2n) is 7.06. The largest absolute Gasteiger partial charge is 0.481 e. The molecule has 0 fully saturated rings. The molecule has 30 heavy (non-hydrogen) atoms. The van der Waals surface area contributed by atoms with Gasteiger partial charge < -0.3 is 20.1 Å². The first-order valence-electron chi connectivity index (χ1n) is 9.55. The van der Waals surface area contributed by atoms with Crippen molar-refractivity contribution < 1.29 is 29.0 Å². The summed E-state index contributed by atoms with van der Waals surface area (Å²) >= 11 is 0. The average molecular weight is 418 g/mol. The Bertz CT molecular complexity index is 939. The van der Waals surface area contributed by atoms with E-state index >= 15 is 0 Å². The molecule has 162 valence electrons. The summed E-state index contributed by atoms with van der Waals surface area (Å²) in [6, 6.07) is 4.09. The smallest absolute Gasteiger partial charge is 0.337 e. The average Bonchev–Trinajstić information content (AvgIpc) is 3.12. The Morgan fingerprint density at radius 2 is 2.00 bits per heavy atom. The van der Waals surface area contributed by atoms with Crippen molar-refractivity contribution in [3.05, 3.63) is 30.1 Å². The van der Waals surface area contributed by atoms with Gasteiger partial charge in [0.25, 0.3) is 0 Å². The number of unbranched alkanes of at least 4 members (excludes halogenated alkanes) is 1. The van der Waals surface area contributed by atoms with Crippen LogP contribution < -0.4 is 5.32 Å². The lowest BCUT2D eigenvalue weighted by Gasteiger charge is -2.19. The minimum absolute atomic E-state index is 0.106. The Balaban J connectivity index is 1.96. The number of amides is 2. The highest BCUT2D eigenvalue weighted by molar-refractivity contribution is 5.96. The first kappa shape index (κ1) is 22.9. The molecule has 2 aromatic rings. The molecule has 1 aromatic heterocycles. The highest BCUT2D eigenvalue weighted by Gasteiger charge is 2.19. The summed E-state index contributed by atoms with van der Waals surface area (Å²) in [7, 11) is 2.77. The van der Waals surface area contributed by atoms with Crippen LogP contribution in [-0.2, 0) is 14.3 Å². The maximum atomic E-state index is 12.8. The number of nitrogens with one attached hydrogen (secondary N) is 1. The number of rotatable bonds is 9. The summed E-state index contributed by atoms with van der Waals surface area (Å²) < 4.78 is 5.97. The highest BCUT2D eigenvalue weighted by Crippen LogP contribution is 2.16. The van der Waals surface area contributed by atoms with Crippen molar-refractivity contribution in [2.45, 2.75) is 38.6 Å². The maximum absolute atomic E-state index is 12.8. The molecule has 10 heteroatoms. The van der Waals surface area contributed by atoms with E-state index in [9.17, 15) is 19.2 Å². The molecule has 0 aliphatic heterocycles. The fourth-order valence-electron chi connectivity index (χ4n) is 2.99. The van der Waals surface area contributed by atoms with Crippen molar-refractivity contribution in [3.8, 4) is 0 Å². The Morgan fingerprint density at radius 3 is 2.67 bits per heavy atom. The molecule has 1 atom stereocenters. The number of aliphatic carboxylic acids is 1. The monoisotopic (exact) mass is 418 g/mol. The van der Waals surface area contributed by atoms with E-state index in [0.717, 1.165) is 0 Å². The highest BCUT2D eigenvalue weighted by atomic mass is 16.5. The molecule has 1 heterocycles. The number of fused-ring (bicyclic) bond motifs is 1. The number of carboxylic acids is 1. The van der Waals surface area contributed by atoms with Gasteiger partial charge in [-0.2, -0.15) is 0 Å². The van der Waals surface area contributed by atoms with Crippen LogP contribution in [0.4, 0.5) is 4.79 Å². The fourth-order valence-corrected chi connectivity index (χ4v) is 2.99. The standard InChI is InChI=1S/C20H26N4O6/c1-13(6-4-5-7-18(26)27)22-17(25)11-23(2)20(29)24-12-21-15-9-8-14(10-16(15)24)19(28)30-3/h8-10,12-13H,4-7,11H2,1-3H3,(H,22,25)(H,26,27). The van der Waals surface area contributed by atoms with Crippen molar-refractivity contribution >= 4 is 34.9 Å². The van der Waals surface area contributed by atoms with E-state index < -0.39 is 18.0 Å². The number of ether oxygens (including phenoxy) is 1. The Hall–Kier alpha value is -3.43. The first-order chi connectivity index (χ1) is 14.2. The lowest BCUT2D eigenvalue weighted by atomic mass is 10.1. The van der Waals surface area contributed by atoms with E-state index in [1.165, 1.54) is 36.0 Å². The van der Waals surface area contributed by atoms with Gasteiger partial charge in [0.1, 0.15) is 12.9 Å². The molecule has 2 amide bonds. The van der Waals surface area contributed by atoms with Crippen molar-refractivity contribution in [3.63, 3.8) is 0 Å². The summed E-state index contributed by atoms with van der Waals surface area (Å²) in [5.41, 5.74) is 1.25. The first-order valence-corrected chi connectivity index (χ1v) is 9.55. The molecular formula is C20H26N4O6. The number of imidazole rings is 1. The maximum Gasteiger partial charge on any atom is 0.337 e. The van der Waals surface area contributed by atoms with Crippen LogP contribution in [0.5, 0.6) is 0 Å². The van der Waals surface area contributed by atoms with Crippen LogP contribution in [-0.4, -0.2) is 70.2 Å². The number of esters is 1. The Kier molecular flexibility index (Phi) is 7.90. The lowest BCUT2D eigenvalue weighted by molar-refractivity contribution is -0.137. The van der Waals surface area contributed by atoms with Gasteiger partial charge in [-0.1, -0.05) is 6.42 Å². The van der Waals surface area contributed by atoms with Crippen molar-refractivity contribution in [2.75, 3.05) is 20.7 Å². The summed E-state index contributed by atoms with van der Waals surface area (Å²) in [5.74, 6) is -1.68. The molecule has 2 rings (SSSR count). The summed E-state index contributed by atoms with van der Waals surface area (Å²) in [4.78, 5) is 52.7. The van der Waals surface area contributed by atoms with Gasteiger partial charge in [-0.05, 0) is 38.0 Å². The zero-order valence-electron chi connectivity index (χ0n) is 17.3. The minimum Gasteiger partial charge on any atom is -0.481 e. The predicted octanol–water partition coefficient (Wildman–Crippen LogP) is 1.87. The van der Waals surface area contributed by atoms with E-state index in [0.29, 0.717) is 30.3 Å². The number of hydrogen-bond acceptors (Lipinski definition) is 6. The van der Waals surface area contributed by atoms with Gasteiger partial charge in [-0.15, -0.1) is 0 Å².